The van der Waals surface area contributed by atoms with E-state index in [4.69, 9.17) is 50.9 Å². The van der Waals surface area contributed by atoms with Crippen LogP contribution in [0.15, 0.2) is 42.5 Å². The molecule has 0 radical (unpaired) electrons. The van der Waals surface area contributed by atoms with Gasteiger partial charge in [0.25, 0.3) is 0 Å². The van der Waals surface area contributed by atoms with E-state index in [0.717, 1.165) is 12.1 Å². The summed E-state index contributed by atoms with van der Waals surface area (Å²) in [6.07, 6.45) is 0. The molecule has 21 nitrogen and oxygen atoms in total. The lowest BCUT2D eigenvalue weighted by molar-refractivity contribution is 0.0620. The number of anilines is 2. The number of para-hydroxylation sites is 1. The zero-order chi connectivity index (χ0) is 40.4. The van der Waals surface area contributed by atoms with Gasteiger partial charge in [-0.15, -0.1) is 0 Å². The number of carboxylic acids is 8. The van der Waals surface area contributed by atoms with E-state index >= 15 is 0 Å². The van der Waals surface area contributed by atoms with E-state index in [1.54, 1.807) is 24.3 Å². The molecule has 0 saturated heterocycles. The Bertz CT molecular complexity index is 1810. The molecule has 0 aliphatic heterocycles. The van der Waals surface area contributed by atoms with E-state index < -0.39 is 99.6 Å². The smallest absolute Gasteiger partial charge is 0.512 e. The van der Waals surface area contributed by atoms with Crippen LogP contribution in [-0.4, -0.2) is 134 Å². The van der Waals surface area contributed by atoms with E-state index in [1.807, 2.05) is 6.07 Å². The Morgan fingerprint density at radius 1 is 0.462 bits per heavy atom. The highest BCUT2D eigenvalue weighted by molar-refractivity contribution is 6.33. The Balaban J connectivity index is 0.000000414. The topological polar surface area (TPSA) is 355 Å². The van der Waals surface area contributed by atoms with Gasteiger partial charge in [-0.05, 0) is 24.3 Å². The fourth-order valence-corrected chi connectivity index (χ4v) is 4.31. The molecule has 52 heavy (non-hydrogen) atoms. The highest BCUT2D eigenvalue weighted by atomic mass is 16.6. The van der Waals surface area contributed by atoms with Gasteiger partial charge < -0.3 is 65.4 Å². The molecule has 0 aliphatic carbocycles. The van der Waals surface area contributed by atoms with E-state index in [2.05, 4.69) is 4.65 Å². The summed E-state index contributed by atoms with van der Waals surface area (Å²) in [6.45, 7) is 0. The Kier molecular flexibility index (Phi) is 14.8. The first-order valence-corrected chi connectivity index (χ1v) is 13.7. The van der Waals surface area contributed by atoms with Crippen molar-refractivity contribution in [1.29, 1.82) is 0 Å². The van der Waals surface area contributed by atoms with Gasteiger partial charge in [0.15, 0.2) is 0 Å². The molecular formula is C30H29BN2O19. The van der Waals surface area contributed by atoms with Crippen LogP contribution >= 0.6 is 0 Å². The molecule has 0 amide bonds. The lowest BCUT2D eigenvalue weighted by atomic mass is 9.93. The Morgan fingerprint density at radius 3 is 0.962 bits per heavy atom. The molecule has 0 fully saturated rings. The Hall–Kier alpha value is -7.20. The van der Waals surface area contributed by atoms with Crippen molar-refractivity contribution >= 4 is 66.5 Å². The fraction of sp³-hybridized carbons (Fsp3) is 0.133. The van der Waals surface area contributed by atoms with Gasteiger partial charge in [-0.3, -0.25) is 0 Å². The Labute approximate surface area is 291 Å². The third-order valence-electron chi connectivity index (χ3n) is 6.31. The fourth-order valence-electron chi connectivity index (χ4n) is 4.31. The maximum absolute atomic E-state index is 11.3. The molecule has 0 heterocycles. The van der Waals surface area contributed by atoms with Crippen molar-refractivity contribution < 1.29 is 93.9 Å². The molecule has 0 aromatic heterocycles. The SMILES string of the molecule is CN(C)c1cc(C(=O)O)c(C(=O)O)c(C(=O)O)c1C(=O)O.CN(C)c1cc(C(=O)O)c(C(=O)O)c(C(=O)O)c1C(=O)O.OB(O)Oc1ccccc1. The van der Waals surface area contributed by atoms with Gasteiger partial charge in [-0.1, -0.05) is 18.2 Å². The summed E-state index contributed by atoms with van der Waals surface area (Å²) in [5.41, 5.74) is -7.88. The monoisotopic (exact) mass is 732 g/mol. The molecule has 0 aliphatic rings. The van der Waals surface area contributed by atoms with Crippen LogP contribution in [0.1, 0.15) is 82.9 Å². The highest BCUT2D eigenvalue weighted by Gasteiger charge is 2.34. The molecule has 3 rings (SSSR count). The van der Waals surface area contributed by atoms with Gasteiger partial charge in [-0.2, -0.15) is 0 Å². The molecular weight excluding hydrogens is 703 g/mol. The van der Waals surface area contributed by atoms with E-state index in [9.17, 15) is 38.4 Å². The van der Waals surface area contributed by atoms with Crippen molar-refractivity contribution in [2.45, 2.75) is 0 Å². The number of nitrogens with zero attached hydrogens (tertiary/aromatic N) is 2. The average Bonchev–Trinajstić information content (AvgIpc) is 3.02. The maximum Gasteiger partial charge on any atom is 0.707 e. The van der Waals surface area contributed by atoms with Crippen LogP contribution in [0.3, 0.4) is 0 Å². The summed E-state index contributed by atoms with van der Waals surface area (Å²) in [4.78, 5) is 92.1. The number of hydrogen-bond donors (Lipinski definition) is 10. The molecule has 0 atom stereocenters. The first-order valence-electron chi connectivity index (χ1n) is 13.7. The van der Waals surface area contributed by atoms with Crippen LogP contribution in [0.2, 0.25) is 0 Å². The summed E-state index contributed by atoms with van der Waals surface area (Å²) >= 11 is 0. The lowest BCUT2D eigenvalue weighted by Crippen LogP contribution is -2.23. The van der Waals surface area contributed by atoms with Gasteiger partial charge >= 0.3 is 55.1 Å². The maximum atomic E-state index is 11.3. The van der Waals surface area contributed by atoms with Crippen LogP contribution in [0.25, 0.3) is 0 Å². The lowest BCUT2D eigenvalue weighted by Gasteiger charge is -2.19. The molecule has 0 unspecified atom stereocenters. The van der Waals surface area contributed by atoms with Crippen molar-refractivity contribution in [2.75, 3.05) is 38.0 Å². The average molecular weight is 732 g/mol. The van der Waals surface area contributed by atoms with Crippen molar-refractivity contribution in [3.8, 4) is 5.75 Å². The zero-order valence-corrected chi connectivity index (χ0v) is 27.2. The number of hydrogen-bond acceptors (Lipinski definition) is 13. The van der Waals surface area contributed by atoms with Gasteiger partial charge in [0, 0.05) is 28.2 Å². The molecule has 0 saturated carbocycles. The normalized spacial score (nSPS) is 9.81. The first kappa shape index (κ1) is 42.8. The van der Waals surface area contributed by atoms with Gasteiger partial charge in [-0.25, -0.2) is 38.4 Å². The molecule has 0 spiro atoms. The highest BCUT2D eigenvalue weighted by Crippen LogP contribution is 2.31. The number of benzene rings is 3. The van der Waals surface area contributed by atoms with Crippen molar-refractivity contribution in [3.63, 3.8) is 0 Å². The number of carbonyl (C=O) groups is 8. The summed E-state index contributed by atoms with van der Waals surface area (Å²) in [5.74, 6) is -13.6. The van der Waals surface area contributed by atoms with Crippen molar-refractivity contribution in [2.24, 2.45) is 0 Å². The molecule has 3 aromatic rings. The summed E-state index contributed by atoms with van der Waals surface area (Å²) in [7, 11) is 3.76. The zero-order valence-electron chi connectivity index (χ0n) is 27.2. The third-order valence-corrected chi connectivity index (χ3v) is 6.31. The number of aromatic carboxylic acids is 8. The van der Waals surface area contributed by atoms with E-state index in [1.165, 1.54) is 38.0 Å². The standard InChI is InChI=1S/2C12H11NO8.C6H7BO3/c2*1-13(2)5-3-4(9(14)15)6(10(16)17)8(12(20)21)7(5)11(18)19;8-7(9)10-6-4-2-1-3-5-6/h2*3H,1-2H3,(H,14,15)(H,16,17)(H,18,19)(H,20,21);1-5,8-9H. The quantitative estimate of drug-likeness (QED) is 0.117. The summed E-state index contributed by atoms with van der Waals surface area (Å²) < 4.78 is 4.53. The van der Waals surface area contributed by atoms with Gasteiger partial charge in [0.05, 0.1) is 55.9 Å². The molecule has 3 aromatic carbocycles. The second-order valence-electron chi connectivity index (χ2n) is 10.1. The molecule has 0 bridgehead atoms. The predicted molar refractivity (Wildman–Crippen MR) is 174 cm³/mol. The van der Waals surface area contributed by atoms with E-state index in [-0.39, 0.29) is 11.4 Å². The first-order chi connectivity index (χ1) is 24.0. The minimum Gasteiger partial charge on any atom is -0.512 e. The van der Waals surface area contributed by atoms with Gasteiger partial charge in [0.2, 0.25) is 0 Å². The third kappa shape index (κ3) is 10.4. The van der Waals surface area contributed by atoms with Crippen molar-refractivity contribution in [3.05, 3.63) is 87.0 Å². The van der Waals surface area contributed by atoms with Crippen LogP contribution in [-0.2, 0) is 0 Å². The Morgan fingerprint density at radius 2 is 0.750 bits per heavy atom. The summed E-state index contributed by atoms with van der Waals surface area (Å²) in [5, 5.41) is 89.4. The minimum absolute atomic E-state index is 0.220. The van der Waals surface area contributed by atoms with Gasteiger partial charge in [0.1, 0.15) is 5.75 Å². The molecule has 10 N–H and O–H groups in total. The van der Waals surface area contributed by atoms with E-state index in [0.29, 0.717) is 5.75 Å². The van der Waals surface area contributed by atoms with Crippen LogP contribution in [0.4, 0.5) is 11.4 Å². The minimum atomic E-state index is -1.84. The van der Waals surface area contributed by atoms with Crippen LogP contribution in [0, 0.1) is 0 Å². The molecule has 276 valence electrons. The number of carboxylic acid groups (broad SMARTS) is 8. The molecule has 22 heteroatoms. The second kappa shape index (κ2) is 18.0. The predicted octanol–water partition coefficient (Wildman–Crippen LogP) is 1.13. The van der Waals surface area contributed by atoms with Crippen molar-refractivity contribution in [1.82, 2.24) is 0 Å². The second-order valence-corrected chi connectivity index (χ2v) is 10.1. The summed E-state index contributed by atoms with van der Waals surface area (Å²) in [6, 6.07) is 10.2. The van der Waals surface area contributed by atoms with Crippen LogP contribution < -0.4 is 14.5 Å². The van der Waals surface area contributed by atoms with Crippen LogP contribution in [0.5, 0.6) is 5.75 Å². The largest absolute Gasteiger partial charge is 0.707 e. The number of rotatable bonds is 12.